The second-order valence-electron chi connectivity index (χ2n) is 3.63. The Morgan fingerprint density at radius 1 is 1.11 bits per heavy atom. The van der Waals surface area contributed by atoms with E-state index < -0.39 is 11.9 Å². The molecule has 6 heteroatoms. The summed E-state index contributed by atoms with van der Waals surface area (Å²) in [6.45, 7) is 0.799. The van der Waals surface area contributed by atoms with Gasteiger partial charge in [-0.05, 0) is 24.5 Å². The van der Waals surface area contributed by atoms with Gasteiger partial charge in [0.05, 0.1) is 0 Å². The summed E-state index contributed by atoms with van der Waals surface area (Å²) in [5.41, 5.74) is 2.02. The third-order valence-electron chi connectivity index (χ3n) is 2.35. The number of rotatable bonds is 0. The summed E-state index contributed by atoms with van der Waals surface area (Å²) >= 11 is 0. The third-order valence-corrected chi connectivity index (χ3v) is 2.35. The van der Waals surface area contributed by atoms with E-state index in [0.29, 0.717) is 0 Å². The second-order valence-corrected chi connectivity index (χ2v) is 3.63. The highest BCUT2D eigenvalue weighted by Gasteiger charge is 2.12. The Hall–Kier alpha value is -2.37. The standard InChI is InChI=1S/C10H11NO.C2H2O4/c12-10-9-6-2-1-4-8(9)5-3-7-11-10;3-1(4)2(5)6/h1-2,4,6H,3,5,7H2,(H,11,12);(H,3,4)(H,5,6). The molecule has 0 bridgehead atoms. The Kier molecular flexibility index (Phi) is 4.86. The van der Waals surface area contributed by atoms with Crippen LogP contribution in [0.15, 0.2) is 24.3 Å². The van der Waals surface area contributed by atoms with E-state index in [-0.39, 0.29) is 5.91 Å². The van der Waals surface area contributed by atoms with Crippen molar-refractivity contribution in [1.82, 2.24) is 5.32 Å². The van der Waals surface area contributed by atoms with Crippen molar-refractivity contribution in [3.05, 3.63) is 35.4 Å². The maximum absolute atomic E-state index is 11.4. The van der Waals surface area contributed by atoms with E-state index in [4.69, 9.17) is 19.8 Å². The van der Waals surface area contributed by atoms with Gasteiger partial charge in [0.2, 0.25) is 0 Å². The fourth-order valence-electron chi connectivity index (χ4n) is 1.54. The lowest BCUT2D eigenvalue weighted by Crippen LogP contribution is -2.22. The van der Waals surface area contributed by atoms with Crippen LogP contribution in [0.3, 0.4) is 0 Å². The van der Waals surface area contributed by atoms with Gasteiger partial charge in [0.1, 0.15) is 0 Å². The Morgan fingerprint density at radius 3 is 2.33 bits per heavy atom. The minimum atomic E-state index is -1.82. The Labute approximate surface area is 103 Å². The molecule has 18 heavy (non-hydrogen) atoms. The first-order valence-corrected chi connectivity index (χ1v) is 5.34. The molecule has 96 valence electrons. The highest BCUT2D eigenvalue weighted by molar-refractivity contribution is 6.27. The summed E-state index contributed by atoms with van der Waals surface area (Å²) in [4.78, 5) is 29.6. The lowest BCUT2D eigenvalue weighted by Gasteiger charge is -2.01. The van der Waals surface area contributed by atoms with Gasteiger partial charge >= 0.3 is 11.9 Å². The fourth-order valence-corrected chi connectivity index (χ4v) is 1.54. The van der Waals surface area contributed by atoms with Crippen LogP contribution in [0.25, 0.3) is 0 Å². The first-order chi connectivity index (χ1) is 8.52. The number of hydrogen-bond acceptors (Lipinski definition) is 3. The van der Waals surface area contributed by atoms with Crippen molar-refractivity contribution in [2.24, 2.45) is 0 Å². The van der Waals surface area contributed by atoms with E-state index in [2.05, 4.69) is 5.32 Å². The molecule has 0 aromatic heterocycles. The van der Waals surface area contributed by atoms with Crippen molar-refractivity contribution in [2.45, 2.75) is 12.8 Å². The van der Waals surface area contributed by atoms with Crippen LogP contribution in [0.2, 0.25) is 0 Å². The van der Waals surface area contributed by atoms with E-state index in [1.165, 1.54) is 5.56 Å². The number of fused-ring (bicyclic) bond motifs is 1. The van der Waals surface area contributed by atoms with Gasteiger partial charge in [-0.2, -0.15) is 0 Å². The number of carboxylic acid groups (broad SMARTS) is 2. The number of benzene rings is 1. The predicted octanol–water partition coefficient (Wildman–Crippen LogP) is 0.518. The molecule has 0 unspecified atom stereocenters. The molecule has 3 N–H and O–H groups in total. The van der Waals surface area contributed by atoms with Crippen LogP contribution < -0.4 is 5.32 Å². The van der Waals surface area contributed by atoms with Crippen molar-refractivity contribution in [3.63, 3.8) is 0 Å². The van der Waals surface area contributed by atoms with E-state index in [1.807, 2.05) is 24.3 Å². The number of amides is 1. The van der Waals surface area contributed by atoms with Crippen molar-refractivity contribution < 1.29 is 24.6 Å². The largest absolute Gasteiger partial charge is 0.473 e. The maximum Gasteiger partial charge on any atom is 0.414 e. The molecular weight excluding hydrogens is 238 g/mol. The molecule has 0 fully saturated rings. The van der Waals surface area contributed by atoms with Crippen molar-refractivity contribution in [2.75, 3.05) is 6.54 Å². The van der Waals surface area contributed by atoms with Crippen LogP contribution in [0.1, 0.15) is 22.3 Å². The van der Waals surface area contributed by atoms with Gasteiger partial charge in [-0.15, -0.1) is 0 Å². The highest BCUT2D eigenvalue weighted by atomic mass is 16.4. The molecule has 0 radical (unpaired) electrons. The lowest BCUT2D eigenvalue weighted by atomic mass is 10.0. The van der Waals surface area contributed by atoms with E-state index in [1.54, 1.807) is 0 Å². The van der Waals surface area contributed by atoms with Gasteiger partial charge < -0.3 is 15.5 Å². The average Bonchev–Trinajstić information content (AvgIpc) is 2.53. The number of hydrogen-bond donors (Lipinski definition) is 3. The Bertz CT molecular complexity index is 457. The minimum absolute atomic E-state index is 0.0723. The van der Waals surface area contributed by atoms with Crippen molar-refractivity contribution in [1.29, 1.82) is 0 Å². The first kappa shape index (κ1) is 13.7. The summed E-state index contributed by atoms with van der Waals surface area (Å²) in [6, 6.07) is 7.80. The van der Waals surface area contributed by atoms with Gasteiger partial charge in [0.25, 0.3) is 5.91 Å². The zero-order valence-electron chi connectivity index (χ0n) is 9.55. The van der Waals surface area contributed by atoms with E-state index >= 15 is 0 Å². The molecule has 1 aliphatic heterocycles. The van der Waals surface area contributed by atoms with Gasteiger partial charge in [0, 0.05) is 12.1 Å². The number of nitrogens with one attached hydrogen (secondary N) is 1. The molecule has 1 aromatic rings. The molecule has 1 aromatic carbocycles. The molecule has 0 saturated heterocycles. The summed E-state index contributed by atoms with van der Waals surface area (Å²) < 4.78 is 0. The molecule has 0 spiro atoms. The van der Waals surface area contributed by atoms with Crippen LogP contribution in [0.4, 0.5) is 0 Å². The molecule has 2 rings (SSSR count). The zero-order chi connectivity index (χ0) is 13.5. The Morgan fingerprint density at radius 2 is 1.72 bits per heavy atom. The average molecular weight is 251 g/mol. The van der Waals surface area contributed by atoms with E-state index in [9.17, 15) is 4.79 Å². The summed E-state index contributed by atoms with van der Waals surface area (Å²) in [5.74, 6) is -3.58. The summed E-state index contributed by atoms with van der Waals surface area (Å²) in [5, 5.41) is 17.6. The van der Waals surface area contributed by atoms with Gasteiger partial charge in [-0.25, -0.2) is 9.59 Å². The second kappa shape index (κ2) is 6.39. The SMILES string of the molecule is O=C(O)C(=O)O.O=C1NCCCc2ccccc21. The minimum Gasteiger partial charge on any atom is -0.473 e. The quantitative estimate of drug-likeness (QED) is 0.583. The summed E-state index contributed by atoms with van der Waals surface area (Å²) in [7, 11) is 0. The number of carbonyl (C=O) groups is 3. The zero-order valence-corrected chi connectivity index (χ0v) is 9.55. The molecular formula is C12H13NO5. The van der Waals surface area contributed by atoms with Crippen molar-refractivity contribution in [3.8, 4) is 0 Å². The molecule has 1 aliphatic rings. The lowest BCUT2D eigenvalue weighted by molar-refractivity contribution is -0.159. The van der Waals surface area contributed by atoms with Gasteiger partial charge in [-0.3, -0.25) is 4.79 Å². The van der Waals surface area contributed by atoms with Crippen LogP contribution >= 0.6 is 0 Å². The Balaban J connectivity index is 0.000000232. The molecule has 1 heterocycles. The maximum atomic E-state index is 11.4. The topological polar surface area (TPSA) is 104 Å². The summed E-state index contributed by atoms with van der Waals surface area (Å²) in [6.07, 6.45) is 2.05. The molecule has 1 amide bonds. The third kappa shape index (κ3) is 3.89. The van der Waals surface area contributed by atoms with Crippen LogP contribution in [0.5, 0.6) is 0 Å². The number of carbonyl (C=O) groups excluding carboxylic acids is 1. The van der Waals surface area contributed by atoms with Crippen LogP contribution in [0, 0.1) is 0 Å². The van der Waals surface area contributed by atoms with E-state index in [0.717, 1.165) is 24.9 Å². The van der Waals surface area contributed by atoms with Crippen molar-refractivity contribution >= 4 is 17.8 Å². The number of carboxylic acids is 2. The first-order valence-electron chi connectivity index (χ1n) is 5.34. The highest BCUT2D eigenvalue weighted by Crippen LogP contribution is 2.13. The number of aryl methyl sites for hydroxylation is 1. The van der Waals surface area contributed by atoms with Crippen LogP contribution in [-0.2, 0) is 16.0 Å². The monoisotopic (exact) mass is 251 g/mol. The normalized spacial score (nSPS) is 13.2. The molecule has 0 saturated carbocycles. The molecule has 0 aliphatic carbocycles. The molecule has 6 nitrogen and oxygen atoms in total. The van der Waals surface area contributed by atoms with Gasteiger partial charge in [0.15, 0.2) is 0 Å². The smallest absolute Gasteiger partial charge is 0.414 e. The number of aliphatic carboxylic acids is 2. The van der Waals surface area contributed by atoms with Crippen LogP contribution in [-0.4, -0.2) is 34.6 Å². The van der Waals surface area contributed by atoms with Gasteiger partial charge in [-0.1, -0.05) is 18.2 Å². The molecule has 0 atom stereocenters. The predicted molar refractivity (Wildman–Crippen MR) is 62.4 cm³/mol. The fraction of sp³-hybridized carbons (Fsp3) is 0.250.